The Hall–Kier alpha value is -0.570. The van der Waals surface area contributed by atoms with Gasteiger partial charge in [0.15, 0.2) is 0 Å². The van der Waals surface area contributed by atoms with Gasteiger partial charge in [0.2, 0.25) is 0 Å². The van der Waals surface area contributed by atoms with E-state index in [1.165, 1.54) is 32.1 Å². The molecule has 0 amide bonds. The average Bonchev–Trinajstić information content (AvgIpc) is 2.28. The Morgan fingerprint density at radius 3 is 2.38 bits per heavy atom. The third-order valence-electron chi connectivity index (χ3n) is 4.23. The van der Waals surface area contributed by atoms with E-state index in [0.717, 1.165) is 5.92 Å². The Morgan fingerprint density at radius 1 is 1.31 bits per heavy atom. The van der Waals surface area contributed by atoms with Gasteiger partial charge in [0.1, 0.15) is 6.04 Å². The lowest BCUT2D eigenvalue weighted by Crippen LogP contribution is -2.34. The Morgan fingerprint density at radius 2 is 1.88 bits per heavy atom. The van der Waals surface area contributed by atoms with Crippen LogP contribution in [0.15, 0.2) is 0 Å². The van der Waals surface area contributed by atoms with Crippen LogP contribution in [0.4, 0.5) is 0 Å². The zero-order valence-corrected chi connectivity index (χ0v) is 10.5. The lowest BCUT2D eigenvalue weighted by molar-refractivity contribution is -0.139. The molecule has 0 saturated heterocycles. The molecule has 94 valence electrons. The van der Waals surface area contributed by atoms with Crippen molar-refractivity contribution in [2.24, 2.45) is 23.5 Å². The van der Waals surface area contributed by atoms with Crippen molar-refractivity contribution >= 4 is 5.97 Å². The van der Waals surface area contributed by atoms with Gasteiger partial charge in [0.25, 0.3) is 0 Å². The molecule has 1 aliphatic rings. The van der Waals surface area contributed by atoms with Crippen LogP contribution >= 0.6 is 0 Å². The van der Waals surface area contributed by atoms with Crippen LogP contribution < -0.4 is 5.73 Å². The maximum Gasteiger partial charge on any atom is 0.320 e. The molecule has 0 heterocycles. The minimum absolute atomic E-state index is 0.411. The number of rotatable bonds is 5. The summed E-state index contributed by atoms with van der Waals surface area (Å²) >= 11 is 0. The highest BCUT2D eigenvalue weighted by molar-refractivity contribution is 5.73. The summed E-state index contributed by atoms with van der Waals surface area (Å²) in [5.41, 5.74) is 5.59. The van der Waals surface area contributed by atoms with E-state index in [4.69, 9.17) is 10.8 Å². The summed E-state index contributed by atoms with van der Waals surface area (Å²) in [4.78, 5) is 10.7. The van der Waals surface area contributed by atoms with E-state index < -0.39 is 12.0 Å². The first kappa shape index (κ1) is 13.5. The molecule has 0 aromatic heterocycles. The van der Waals surface area contributed by atoms with Gasteiger partial charge in [-0.15, -0.1) is 0 Å². The molecule has 1 rings (SSSR count). The van der Waals surface area contributed by atoms with E-state index in [1.807, 2.05) is 0 Å². The quantitative estimate of drug-likeness (QED) is 0.759. The number of hydrogen-bond donors (Lipinski definition) is 2. The van der Waals surface area contributed by atoms with Gasteiger partial charge in [0.05, 0.1) is 0 Å². The van der Waals surface area contributed by atoms with E-state index in [-0.39, 0.29) is 0 Å². The van der Waals surface area contributed by atoms with E-state index in [9.17, 15) is 4.79 Å². The number of carboxylic acid groups (broad SMARTS) is 1. The molecule has 3 N–H and O–H groups in total. The summed E-state index contributed by atoms with van der Waals surface area (Å²) in [5, 5.41) is 8.80. The van der Waals surface area contributed by atoms with Gasteiger partial charge < -0.3 is 10.8 Å². The zero-order chi connectivity index (χ0) is 12.1. The Kier molecular flexibility index (Phi) is 5.26. The maximum absolute atomic E-state index is 10.7. The fourth-order valence-corrected chi connectivity index (χ4v) is 2.84. The van der Waals surface area contributed by atoms with Crippen LogP contribution in [0.25, 0.3) is 0 Å². The number of carboxylic acids is 1. The predicted octanol–water partition coefficient (Wildman–Crippen LogP) is 2.64. The largest absolute Gasteiger partial charge is 0.480 e. The first-order valence-electron chi connectivity index (χ1n) is 6.50. The monoisotopic (exact) mass is 227 g/mol. The predicted molar refractivity (Wildman–Crippen MR) is 65.1 cm³/mol. The van der Waals surface area contributed by atoms with Crippen LogP contribution in [0.5, 0.6) is 0 Å². The van der Waals surface area contributed by atoms with Crippen LogP contribution in [0.2, 0.25) is 0 Å². The number of carbonyl (C=O) groups is 1. The molecular formula is C13H25NO2. The van der Waals surface area contributed by atoms with Crippen molar-refractivity contribution in [3.8, 4) is 0 Å². The SMILES string of the molecule is CC(CC(N)C(=O)O)C(C)C1CCCCC1. The molecule has 3 nitrogen and oxygen atoms in total. The highest BCUT2D eigenvalue weighted by Gasteiger charge is 2.26. The third kappa shape index (κ3) is 3.78. The average molecular weight is 227 g/mol. The van der Waals surface area contributed by atoms with E-state index >= 15 is 0 Å². The Bertz CT molecular complexity index is 224. The molecule has 16 heavy (non-hydrogen) atoms. The van der Waals surface area contributed by atoms with Gasteiger partial charge in [-0.3, -0.25) is 4.79 Å². The molecule has 3 heteroatoms. The summed E-state index contributed by atoms with van der Waals surface area (Å²) in [6.07, 6.45) is 7.28. The lowest BCUT2D eigenvalue weighted by atomic mass is 9.74. The molecule has 0 radical (unpaired) electrons. The second kappa shape index (κ2) is 6.24. The van der Waals surface area contributed by atoms with Crippen LogP contribution in [-0.4, -0.2) is 17.1 Å². The molecule has 0 aromatic rings. The number of nitrogens with two attached hydrogens (primary N) is 1. The van der Waals surface area contributed by atoms with Gasteiger partial charge in [-0.1, -0.05) is 46.0 Å². The molecule has 0 bridgehead atoms. The Balaban J connectivity index is 2.39. The minimum atomic E-state index is -0.873. The van der Waals surface area contributed by atoms with Gasteiger partial charge in [-0.25, -0.2) is 0 Å². The summed E-state index contributed by atoms with van der Waals surface area (Å²) in [6, 6.07) is -0.693. The topological polar surface area (TPSA) is 63.3 Å². The fraction of sp³-hybridized carbons (Fsp3) is 0.923. The molecule has 3 unspecified atom stereocenters. The van der Waals surface area contributed by atoms with Crippen molar-refractivity contribution in [2.75, 3.05) is 0 Å². The molecule has 1 aliphatic carbocycles. The molecule has 3 atom stereocenters. The van der Waals surface area contributed by atoms with E-state index in [1.54, 1.807) is 0 Å². The minimum Gasteiger partial charge on any atom is -0.480 e. The van der Waals surface area contributed by atoms with Crippen molar-refractivity contribution in [1.29, 1.82) is 0 Å². The van der Waals surface area contributed by atoms with Crippen LogP contribution in [0.3, 0.4) is 0 Å². The molecule has 1 fully saturated rings. The van der Waals surface area contributed by atoms with Crippen LogP contribution in [0.1, 0.15) is 52.4 Å². The Labute approximate surface area is 98.4 Å². The van der Waals surface area contributed by atoms with Gasteiger partial charge in [-0.05, 0) is 24.2 Å². The first-order chi connectivity index (χ1) is 7.52. The molecule has 0 spiro atoms. The smallest absolute Gasteiger partial charge is 0.320 e. The van der Waals surface area contributed by atoms with Crippen LogP contribution in [-0.2, 0) is 4.79 Å². The standard InChI is InChI=1S/C13H25NO2/c1-9(8-12(14)13(15)16)10(2)11-6-4-3-5-7-11/h9-12H,3-8,14H2,1-2H3,(H,15,16). The van der Waals surface area contributed by atoms with Crippen molar-refractivity contribution < 1.29 is 9.90 Å². The first-order valence-corrected chi connectivity index (χ1v) is 6.50. The molecule has 0 aliphatic heterocycles. The molecular weight excluding hydrogens is 202 g/mol. The van der Waals surface area contributed by atoms with E-state index in [2.05, 4.69) is 13.8 Å². The maximum atomic E-state index is 10.7. The second-order valence-electron chi connectivity index (χ2n) is 5.41. The van der Waals surface area contributed by atoms with Crippen molar-refractivity contribution in [3.63, 3.8) is 0 Å². The zero-order valence-electron chi connectivity index (χ0n) is 10.5. The fourth-order valence-electron chi connectivity index (χ4n) is 2.84. The van der Waals surface area contributed by atoms with Gasteiger partial charge in [-0.2, -0.15) is 0 Å². The van der Waals surface area contributed by atoms with Crippen molar-refractivity contribution in [2.45, 2.75) is 58.4 Å². The van der Waals surface area contributed by atoms with Crippen molar-refractivity contribution in [1.82, 2.24) is 0 Å². The van der Waals surface area contributed by atoms with Gasteiger partial charge >= 0.3 is 5.97 Å². The summed E-state index contributed by atoms with van der Waals surface area (Å²) in [7, 11) is 0. The third-order valence-corrected chi connectivity index (χ3v) is 4.23. The van der Waals surface area contributed by atoms with Crippen LogP contribution in [0, 0.1) is 17.8 Å². The summed E-state index contributed by atoms with van der Waals surface area (Å²) in [5.74, 6) is 0.923. The molecule has 0 aromatic carbocycles. The second-order valence-corrected chi connectivity index (χ2v) is 5.41. The summed E-state index contributed by atoms with van der Waals surface area (Å²) < 4.78 is 0. The lowest BCUT2D eigenvalue weighted by Gasteiger charge is -2.32. The highest BCUT2D eigenvalue weighted by Crippen LogP contribution is 2.34. The molecule has 1 saturated carbocycles. The summed E-state index contributed by atoms with van der Waals surface area (Å²) in [6.45, 7) is 4.40. The highest BCUT2D eigenvalue weighted by atomic mass is 16.4. The van der Waals surface area contributed by atoms with Crippen molar-refractivity contribution in [3.05, 3.63) is 0 Å². The normalized spacial score (nSPS) is 23.7. The van der Waals surface area contributed by atoms with Gasteiger partial charge in [0, 0.05) is 0 Å². The number of aliphatic carboxylic acids is 1. The number of hydrogen-bond acceptors (Lipinski definition) is 2. The van der Waals surface area contributed by atoms with E-state index in [0.29, 0.717) is 18.3 Å².